The average molecular weight is 409 g/mol. The maximum absolute atomic E-state index is 13.1. The highest BCUT2D eigenvalue weighted by molar-refractivity contribution is 7.99. The van der Waals surface area contributed by atoms with E-state index < -0.39 is 0 Å². The molecular formula is C22H21FN4OS. The third-order valence-electron chi connectivity index (χ3n) is 4.81. The molecule has 4 rings (SSSR count). The van der Waals surface area contributed by atoms with Crippen molar-refractivity contribution in [2.24, 2.45) is 5.92 Å². The van der Waals surface area contributed by atoms with Crippen LogP contribution in [0.4, 0.5) is 15.9 Å². The summed E-state index contributed by atoms with van der Waals surface area (Å²) in [5.74, 6) is 0.270. The smallest absolute Gasteiger partial charge is 0.229 e. The molecule has 2 aromatic carbocycles. The van der Waals surface area contributed by atoms with Crippen LogP contribution in [0.15, 0.2) is 76.9 Å². The van der Waals surface area contributed by atoms with Gasteiger partial charge in [0.1, 0.15) is 10.8 Å². The maximum Gasteiger partial charge on any atom is 0.229 e. The van der Waals surface area contributed by atoms with E-state index in [1.807, 2.05) is 30.3 Å². The summed E-state index contributed by atoms with van der Waals surface area (Å²) in [7, 11) is 0. The number of benzene rings is 2. The molecule has 0 saturated carbocycles. The first-order chi connectivity index (χ1) is 14.2. The van der Waals surface area contributed by atoms with E-state index in [0.717, 1.165) is 35.1 Å². The predicted molar refractivity (Wildman–Crippen MR) is 113 cm³/mol. The first-order valence-electron chi connectivity index (χ1n) is 9.54. The second kappa shape index (κ2) is 9.05. The van der Waals surface area contributed by atoms with Crippen LogP contribution >= 0.6 is 11.8 Å². The van der Waals surface area contributed by atoms with Gasteiger partial charge in [-0.2, -0.15) is 0 Å². The van der Waals surface area contributed by atoms with Gasteiger partial charge in [0.15, 0.2) is 5.82 Å². The van der Waals surface area contributed by atoms with E-state index >= 15 is 0 Å². The lowest BCUT2D eigenvalue weighted by Crippen LogP contribution is -2.41. The summed E-state index contributed by atoms with van der Waals surface area (Å²) in [5, 5.41) is 3.72. The molecule has 0 spiro atoms. The van der Waals surface area contributed by atoms with Crippen molar-refractivity contribution in [3.63, 3.8) is 0 Å². The lowest BCUT2D eigenvalue weighted by atomic mass is 9.97. The van der Waals surface area contributed by atoms with Crippen LogP contribution in [0, 0.1) is 11.7 Å². The molecule has 29 heavy (non-hydrogen) atoms. The Morgan fingerprint density at radius 3 is 2.62 bits per heavy atom. The van der Waals surface area contributed by atoms with E-state index in [2.05, 4.69) is 20.2 Å². The van der Waals surface area contributed by atoms with Gasteiger partial charge >= 0.3 is 0 Å². The van der Waals surface area contributed by atoms with Crippen molar-refractivity contribution in [1.82, 2.24) is 9.97 Å². The number of carbonyl (C=O) groups is 1. The zero-order valence-corrected chi connectivity index (χ0v) is 16.6. The fraction of sp³-hybridized carbons (Fsp3) is 0.227. The molecule has 0 radical (unpaired) electrons. The van der Waals surface area contributed by atoms with Crippen molar-refractivity contribution in [3.05, 3.63) is 72.8 Å². The Hall–Kier alpha value is -2.93. The molecule has 1 aliphatic heterocycles. The second-order valence-electron chi connectivity index (χ2n) is 6.88. The zero-order valence-electron chi connectivity index (χ0n) is 15.8. The largest absolute Gasteiger partial charge is 0.354 e. The Kier molecular flexibility index (Phi) is 6.05. The molecule has 5 nitrogen and oxygen atoms in total. The quantitative estimate of drug-likeness (QED) is 0.667. The number of carbonyl (C=O) groups excluding carboxylic acids is 1. The third kappa shape index (κ3) is 4.92. The van der Waals surface area contributed by atoms with Crippen LogP contribution in [0.3, 0.4) is 0 Å². The Morgan fingerprint density at radius 1 is 1.07 bits per heavy atom. The van der Waals surface area contributed by atoms with E-state index in [1.54, 1.807) is 36.3 Å². The number of aromatic nitrogens is 2. The first kappa shape index (κ1) is 19.4. The van der Waals surface area contributed by atoms with Gasteiger partial charge in [-0.1, -0.05) is 30.0 Å². The van der Waals surface area contributed by atoms with Crippen LogP contribution in [0.25, 0.3) is 0 Å². The topological polar surface area (TPSA) is 58.1 Å². The Labute approximate surface area is 173 Å². The summed E-state index contributed by atoms with van der Waals surface area (Å²) in [6, 6.07) is 15.9. The van der Waals surface area contributed by atoms with Crippen LogP contribution < -0.4 is 10.2 Å². The maximum atomic E-state index is 13.1. The number of piperidine rings is 1. The highest BCUT2D eigenvalue weighted by Crippen LogP contribution is 2.34. The van der Waals surface area contributed by atoms with Gasteiger partial charge < -0.3 is 10.2 Å². The normalized spacial score (nSPS) is 16.4. The van der Waals surface area contributed by atoms with Crippen molar-refractivity contribution in [3.8, 4) is 0 Å². The predicted octanol–water partition coefficient (Wildman–Crippen LogP) is 4.62. The minimum Gasteiger partial charge on any atom is -0.354 e. The lowest BCUT2D eigenvalue weighted by molar-refractivity contribution is -0.120. The number of nitrogens with zero attached hydrogens (tertiary/aromatic N) is 3. The Bertz CT molecular complexity index is 968. The monoisotopic (exact) mass is 408 g/mol. The van der Waals surface area contributed by atoms with Crippen molar-refractivity contribution in [1.29, 1.82) is 0 Å². The van der Waals surface area contributed by atoms with E-state index in [-0.39, 0.29) is 17.6 Å². The van der Waals surface area contributed by atoms with E-state index in [0.29, 0.717) is 12.2 Å². The van der Waals surface area contributed by atoms with Crippen LogP contribution in [0.1, 0.15) is 12.8 Å². The minimum absolute atomic E-state index is 0.0533. The van der Waals surface area contributed by atoms with Crippen LogP contribution in [0.5, 0.6) is 0 Å². The molecule has 1 aliphatic rings. The first-order valence-corrected chi connectivity index (χ1v) is 10.4. The highest BCUT2D eigenvalue weighted by Gasteiger charge is 2.28. The average Bonchev–Trinajstić information content (AvgIpc) is 2.76. The summed E-state index contributed by atoms with van der Waals surface area (Å²) >= 11 is 1.57. The molecule has 7 heteroatoms. The van der Waals surface area contributed by atoms with Crippen molar-refractivity contribution < 1.29 is 9.18 Å². The molecule has 1 atom stereocenters. The van der Waals surface area contributed by atoms with Gasteiger partial charge in [0.25, 0.3) is 0 Å². The second-order valence-corrected chi connectivity index (χ2v) is 7.94. The molecule has 1 fully saturated rings. The molecule has 3 aromatic rings. The van der Waals surface area contributed by atoms with Gasteiger partial charge in [-0.05, 0) is 49.2 Å². The number of nitrogens with one attached hydrogen (secondary N) is 1. The number of hydrogen-bond donors (Lipinski definition) is 1. The molecule has 148 valence electrons. The van der Waals surface area contributed by atoms with Crippen molar-refractivity contribution in [2.45, 2.75) is 22.8 Å². The summed E-state index contributed by atoms with van der Waals surface area (Å²) in [6.07, 6.45) is 5.09. The summed E-state index contributed by atoms with van der Waals surface area (Å²) in [5.41, 5.74) is 0.605. The van der Waals surface area contributed by atoms with Gasteiger partial charge in [0.2, 0.25) is 5.91 Å². The van der Waals surface area contributed by atoms with Crippen LogP contribution in [0.2, 0.25) is 0 Å². The highest BCUT2D eigenvalue weighted by atomic mass is 32.2. The van der Waals surface area contributed by atoms with Crippen LogP contribution in [-0.4, -0.2) is 29.0 Å². The molecule has 1 N–H and O–H groups in total. The van der Waals surface area contributed by atoms with Crippen molar-refractivity contribution in [2.75, 3.05) is 23.3 Å². The molecule has 1 unspecified atom stereocenters. The number of halogens is 1. The molecule has 2 heterocycles. The third-order valence-corrected chi connectivity index (χ3v) is 5.80. The Morgan fingerprint density at radius 2 is 1.83 bits per heavy atom. The van der Waals surface area contributed by atoms with Gasteiger partial charge in [-0.3, -0.25) is 4.79 Å². The molecular weight excluding hydrogens is 387 g/mol. The number of anilines is 2. The van der Waals surface area contributed by atoms with Gasteiger partial charge in [0.05, 0.1) is 5.92 Å². The molecule has 1 saturated heterocycles. The minimum atomic E-state index is -0.321. The fourth-order valence-corrected chi connectivity index (χ4v) is 4.27. The van der Waals surface area contributed by atoms with Crippen molar-refractivity contribution >= 4 is 29.2 Å². The molecule has 0 bridgehead atoms. The fourth-order valence-electron chi connectivity index (χ4n) is 3.37. The molecule has 1 amide bonds. The number of amides is 1. The zero-order chi connectivity index (χ0) is 20.1. The lowest BCUT2D eigenvalue weighted by Gasteiger charge is -2.33. The molecule has 0 aliphatic carbocycles. The standard InChI is InChI=1S/C22H21FN4OS/c23-17-8-10-18(11-9-17)26-21(28)16-5-4-14-27(15-16)20-22(25-13-12-24-20)29-19-6-2-1-3-7-19/h1-3,6-13,16H,4-5,14-15H2,(H,26,28). The van der Waals surface area contributed by atoms with Crippen LogP contribution in [-0.2, 0) is 4.79 Å². The number of rotatable bonds is 5. The summed E-state index contributed by atoms with van der Waals surface area (Å²) in [6.45, 7) is 1.41. The molecule has 1 aromatic heterocycles. The van der Waals surface area contributed by atoms with Gasteiger partial charge in [-0.25, -0.2) is 14.4 Å². The summed E-state index contributed by atoms with van der Waals surface area (Å²) < 4.78 is 13.1. The number of hydrogen-bond acceptors (Lipinski definition) is 5. The van der Waals surface area contributed by atoms with E-state index in [9.17, 15) is 9.18 Å². The Balaban J connectivity index is 1.47. The summed E-state index contributed by atoms with van der Waals surface area (Å²) in [4.78, 5) is 25.0. The van der Waals surface area contributed by atoms with E-state index in [4.69, 9.17) is 0 Å². The van der Waals surface area contributed by atoms with E-state index in [1.165, 1.54) is 12.1 Å². The van der Waals surface area contributed by atoms with Gasteiger partial charge in [-0.15, -0.1) is 0 Å². The SMILES string of the molecule is O=C(Nc1ccc(F)cc1)C1CCCN(c2nccnc2Sc2ccccc2)C1. The van der Waals surface area contributed by atoms with Gasteiger partial charge in [0, 0.05) is 36.1 Å².